The summed E-state index contributed by atoms with van der Waals surface area (Å²) in [6.45, 7) is 3.41. The van der Waals surface area contributed by atoms with Crippen LogP contribution in [0.15, 0.2) is 42.3 Å². The van der Waals surface area contributed by atoms with Crippen LogP contribution in [-0.4, -0.2) is 51.4 Å². The number of aromatic amines is 1. The molecule has 5 amide bonds. The lowest BCUT2D eigenvalue weighted by atomic mass is 10.1. The number of fused-ring (bicyclic) bond motifs is 1. The Morgan fingerprint density at radius 1 is 1.38 bits per heavy atom. The van der Waals surface area contributed by atoms with Crippen molar-refractivity contribution in [3.05, 3.63) is 42.7 Å². The van der Waals surface area contributed by atoms with Gasteiger partial charge >= 0.3 is 6.03 Å². The minimum atomic E-state index is -1.32. The standard InChI is InChI=1S/C16H14N6O4/c1-2-5-22-15(25)10(14(24)20-16(22)26)7-19-21-13(23)9-3-4-11-12(6-9)18-8-17-11/h2-4,6-8,10H,1,5H2,(H,17,18)(H,21,23)(H,20,24,26)/b19-7+. The smallest absolute Gasteiger partial charge is 0.331 e. The number of carbonyl (C=O) groups is 4. The number of H-pyrrole nitrogens is 1. The van der Waals surface area contributed by atoms with Crippen molar-refractivity contribution < 1.29 is 19.2 Å². The summed E-state index contributed by atoms with van der Waals surface area (Å²) in [4.78, 5) is 55.5. The SMILES string of the molecule is C=CCN1C(=O)NC(=O)C(/C=N/NC(=O)c2ccc3nc[nH]c3c2)C1=O. The highest BCUT2D eigenvalue weighted by molar-refractivity contribution is 6.23. The predicted octanol–water partition coefficient (Wildman–Crippen LogP) is 0.159. The van der Waals surface area contributed by atoms with E-state index in [-0.39, 0.29) is 6.54 Å². The molecule has 0 spiro atoms. The summed E-state index contributed by atoms with van der Waals surface area (Å²) in [5.41, 5.74) is 3.96. The van der Waals surface area contributed by atoms with E-state index in [0.29, 0.717) is 16.6 Å². The zero-order valence-corrected chi connectivity index (χ0v) is 13.4. The maximum absolute atomic E-state index is 12.2. The second kappa shape index (κ2) is 6.97. The molecule has 26 heavy (non-hydrogen) atoms. The highest BCUT2D eigenvalue weighted by Gasteiger charge is 2.38. The van der Waals surface area contributed by atoms with E-state index in [1.165, 1.54) is 12.4 Å². The van der Waals surface area contributed by atoms with Crippen molar-refractivity contribution >= 4 is 41.0 Å². The number of nitrogens with one attached hydrogen (secondary N) is 3. The number of barbiturate groups is 1. The average Bonchev–Trinajstić information content (AvgIpc) is 3.09. The van der Waals surface area contributed by atoms with Gasteiger partial charge in [0.1, 0.15) is 0 Å². The Hall–Kier alpha value is -3.82. The first-order valence-electron chi connectivity index (χ1n) is 7.55. The van der Waals surface area contributed by atoms with Crippen LogP contribution < -0.4 is 10.7 Å². The molecule has 1 aromatic heterocycles. The zero-order valence-electron chi connectivity index (χ0n) is 13.4. The number of hydrogen-bond acceptors (Lipinski definition) is 6. The molecule has 1 aliphatic heterocycles. The maximum Gasteiger partial charge on any atom is 0.331 e. The molecule has 0 bridgehead atoms. The number of amides is 5. The Morgan fingerprint density at radius 3 is 2.96 bits per heavy atom. The van der Waals surface area contributed by atoms with E-state index in [0.717, 1.165) is 11.1 Å². The molecule has 3 rings (SSSR count). The molecule has 10 nitrogen and oxygen atoms in total. The van der Waals surface area contributed by atoms with Crippen LogP contribution in [0.3, 0.4) is 0 Å². The van der Waals surface area contributed by atoms with Gasteiger partial charge in [0.2, 0.25) is 11.8 Å². The molecule has 1 atom stereocenters. The molecule has 1 fully saturated rings. The third-order valence-corrected chi connectivity index (χ3v) is 3.67. The molecule has 2 aromatic rings. The van der Waals surface area contributed by atoms with Crippen molar-refractivity contribution in [3.63, 3.8) is 0 Å². The number of hydrogen-bond donors (Lipinski definition) is 3. The second-order valence-corrected chi connectivity index (χ2v) is 5.36. The van der Waals surface area contributed by atoms with Crippen molar-refractivity contribution in [3.8, 4) is 0 Å². The van der Waals surface area contributed by atoms with Gasteiger partial charge < -0.3 is 4.98 Å². The number of hydrazone groups is 1. The Bertz CT molecular complexity index is 947. The van der Waals surface area contributed by atoms with E-state index in [4.69, 9.17) is 0 Å². The van der Waals surface area contributed by atoms with E-state index in [1.807, 2.05) is 5.32 Å². The van der Waals surface area contributed by atoms with Gasteiger partial charge in [-0.3, -0.25) is 24.6 Å². The molecular weight excluding hydrogens is 340 g/mol. The number of nitrogens with zero attached hydrogens (tertiary/aromatic N) is 3. The molecule has 10 heteroatoms. The second-order valence-electron chi connectivity index (χ2n) is 5.36. The first-order chi connectivity index (χ1) is 12.5. The Balaban J connectivity index is 1.69. The van der Waals surface area contributed by atoms with E-state index in [2.05, 4.69) is 27.1 Å². The van der Waals surface area contributed by atoms with Gasteiger partial charge in [-0.1, -0.05) is 6.08 Å². The lowest BCUT2D eigenvalue weighted by Crippen LogP contribution is -2.58. The molecule has 1 unspecified atom stereocenters. The van der Waals surface area contributed by atoms with Gasteiger partial charge in [-0.15, -0.1) is 6.58 Å². The third kappa shape index (κ3) is 3.20. The Labute approximate surface area is 147 Å². The highest BCUT2D eigenvalue weighted by atomic mass is 16.2. The number of benzene rings is 1. The Morgan fingerprint density at radius 2 is 2.19 bits per heavy atom. The van der Waals surface area contributed by atoms with Gasteiger partial charge in [-0.2, -0.15) is 5.10 Å². The van der Waals surface area contributed by atoms with Crippen LogP contribution in [0.4, 0.5) is 4.79 Å². The van der Waals surface area contributed by atoms with Gasteiger partial charge in [0.15, 0.2) is 5.92 Å². The van der Waals surface area contributed by atoms with Gasteiger partial charge in [-0.25, -0.2) is 15.2 Å². The topological polar surface area (TPSA) is 137 Å². The van der Waals surface area contributed by atoms with E-state index in [9.17, 15) is 19.2 Å². The number of urea groups is 1. The molecular formula is C16H14N6O4. The first-order valence-corrected chi connectivity index (χ1v) is 7.55. The Kier molecular flexibility index (Phi) is 4.56. The zero-order chi connectivity index (χ0) is 18.7. The fourth-order valence-corrected chi connectivity index (χ4v) is 2.38. The summed E-state index contributed by atoms with van der Waals surface area (Å²) < 4.78 is 0. The summed E-state index contributed by atoms with van der Waals surface area (Å²) in [5.74, 6) is -3.39. The monoisotopic (exact) mass is 354 g/mol. The summed E-state index contributed by atoms with van der Waals surface area (Å²) in [6, 6.07) is 4.01. The van der Waals surface area contributed by atoms with Crippen molar-refractivity contribution in [1.82, 2.24) is 25.6 Å². The van der Waals surface area contributed by atoms with Crippen LogP contribution in [0.2, 0.25) is 0 Å². The van der Waals surface area contributed by atoms with Gasteiger partial charge in [0.25, 0.3) is 5.91 Å². The van der Waals surface area contributed by atoms with Gasteiger partial charge in [-0.05, 0) is 18.2 Å². The number of rotatable bonds is 5. The average molecular weight is 354 g/mol. The number of imide groups is 2. The minimum Gasteiger partial charge on any atom is -0.345 e. The first kappa shape index (κ1) is 17.0. The molecule has 2 heterocycles. The number of carbonyl (C=O) groups excluding carboxylic acids is 4. The van der Waals surface area contributed by atoms with Crippen LogP contribution in [0.25, 0.3) is 11.0 Å². The summed E-state index contributed by atoms with van der Waals surface area (Å²) in [5, 5.41) is 5.71. The molecule has 3 N–H and O–H groups in total. The summed E-state index contributed by atoms with van der Waals surface area (Å²) in [6.07, 6.45) is 3.84. The quantitative estimate of drug-likeness (QED) is 0.304. The number of aromatic nitrogens is 2. The van der Waals surface area contributed by atoms with Crippen molar-refractivity contribution in [2.24, 2.45) is 11.0 Å². The molecule has 0 aliphatic carbocycles. The molecule has 1 aromatic carbocycles. The lowest BCUT2D eigenvalue weighted by Gasteiger charge is -2.27. The van der Waals surface area contributed by atoms with Crippen molar-refractivity contribution in [2.75, 3.05) is 6.54 Å². The largest absolute Gasteiger partial charge is 0.345 e. The van der Waals surface area contributed by atoms with Gasteiger partial charge in [0.05, 0.1) is 17.4 Å². The highest BCUT2D eigenvalue weighted by Crippen LogP contribution is 2.12. The van der Waals surface area contributed by atoms with Crippen molar-refractivity contribution in [1.29, 1.82) is 0 Å². The summed E-state index contributed by atoms with van der Waals surface area (Å²) in [7, 11) is 0. The van der Waals surface area contributed by atoms with E-state index < -0.39 is 29.7 Å². The van der Waals surface area contributed by atoms with Crippen LogP contribution >= 0.6 is 0 Å². The van der Waals surface area contributed by atoms with Crippen LogP contribution in [0, 0.1) is 5.92 Å². The van der Waals surface area contributed by atoms with Gasteiger partial charge in [0, 0.05) is 18.3 Å². The fourth-order valence-electron chi connectivity index (χ4n) is 2.38. The molecule has 132 valence electrons. The lowest BCUT2D eigenvalue weighted by molar-refractivity contribution is -0.138. The van der Waals surface area contributed by atoms with Crippen LogP contribution in [-0.2, 0) is 9.59 Å². The molecule has 0 saturated carbocycles. The minimum absolute atomic E-state index is 0.0428. The summed E-state index contributed by atoms with van der Waals surface area (Å²) >= 11 is 0. The molecule has 1 saturated heterocycles. The van der Waals surface area contributed by atoms with E-state index in [1.54, 1.807) is 18.2 Å². The van der Waals surface area contributed by atoms with E-state index >= 15 is 0 Å². The van der Waals surface area contributed by atoms with Crippen molar-refractivity contribution in [2.45, 2.75) is 0 Å². The van der Waals surface area contributed by atoms with Crippen LogP contribution in [0.1, 0.15) is 10.4 Å². The normalized spacial score (nSPS) is 17.6. The number of imidazole rings is 1. The molecule has 1 aliphatic rings. The predicted molar refractivity (Wildman–Crippen MR) is 91.0 cm³/mol. The third-order valence-electron chi connectivity index (χ3n) is 3.67. The van der Waals surface area contributed by atoms with Crippen LogP contribution in [0.5, 0.6) is 0 Å². The molecule has 0 radical (unpaired) electrons. The maximum atomic E-state index is 12.2. The fraction of sp³-hybridized carbons (Fsp3) is 0.125.